The number of benzene rings is 3. The van der Waals surface area contributed by atoms with Gasteiger partial charge in [-0.1, -0.05) is 60.1 Å². The topological polar surface area (TPSA) is 67.4 Å². The van der Waals surface area contributed by atoms with Crippen LogP contribution in [0, 0.1) is 0 Å². The molecule has 3 rings (SSSR count). The van der Waals surface area contributed by atoms with Gasteiger partial charge in [-0.25, -0.2) is 0 Å². The van der Waals surface area contributed by atoms with E-state index in [1.807, 2.05) is 36.4 Å². The number of ether oxygens (including phenoxy) is 1. The van der Waals surface area contributed by atoms with Gasteiger partial charge in [0, 0.05) is 16.7 Å². The first kappa shape index (κ1) is 20.2. The summed E-state index contributed by atoms with van der Waals surface area (Å²) in [7, 11) is 0. The summed E-state index contributed by atoms with van der Waals surface area (Å²) >= 11 is 6.02. The van der Waals surface area contributed by atoms with Crippen molar-refractivity contribution in [2.75, 3.05) is 0 Å². The highest BCUT2D eigenvalue weighted by molar-refractivity contribution is 6.32. The Hall–Kier alpha value is -3.57. The first-order valence-electron chi connectivity index (χ1n) is 8.91. The second kappa shape index (κ2) is 10.1. The molecule has 0 heterocycles. The van der Waals surface area contributed by atoms with Crippen molar-refractivity contribution >= 4 is 29.5 Å². The SMILES string of the molecule is O=C(C=Cc1ccccc1Cl)NNC(=O)c1ccc(OCc2ccccc2)cc1. The molecular weight excluding hydrogens is 388 g/mol. The third-order valence-corrected chi connectivity index (χ3v) is 4.33. The molecule has 0 fully saturated rings. The lowest BCUT2D eigenvalue weighted by molar-refractivity contribution is -0.117. The number of hydrogen-bond donors (Lipinski definition) is 2. The van der Waals surface area contributed by atoms with Crippen LogP contribution < -0.4 is 15.6 Å². The smallest absolute Gasteiger partial charge is 0.269 e. The predicted octanol–water partition coefficient (Wildman–Crippen LogP) is 4.39. The monoisotopic (exact) mass is 406 g/mol. The molecule has 0 aliphatic carbocycles. The number of carbonyl (C=O) groups excluding carboxylic acids is 2. The molecule has 0 aromatic heterocycles. The van der Waals surface area contributed by atoms with Crippen LogP contribution in [0.4, 0.5) is 0 Å². The van der Waals surface area contributed by atoms with Crippen LogP contribution in [-0.4, -0.2) is 11.8 Å². The zero-order valence-electron chi connectivity index (χ0n) is 15.5. The Bertz CT molecular complexity index is 1000. The third-order valence-electron chi connectivity index (χ3n) is 3.98. The van der Waals surface area contributed by atoms with Crippen molar-refractivity contribution in [3.8, 4) is 5.75 Å². The van der Waals surface area contributed by atoms with Gasteiger partial charge in [0.1, 0.15) is 12.4 Å². The fraction of sp³-hybridized carbons (Fsp3) is 0.0435. The Kier molecular flexibility index (Phi) is 7.03. The molecule has 3 aromatic carbocycles. The van der Waals surface area contributed by atoms with Crippen molar-refractivity contribution in [2.24, 2.45) is 0 Å². The second-order valence-corrected chi connectivity index (χ2v) is 6.50. The Balaban J connectivity index is 1.47. The molecule has 0 spiro atoms. The molecular formula is C23H19ClN2O3. The van der Waals surface area contributed by atoms with E-state index in [0.717, 1.165) is 5.56 Å². The second-order valence-electron chi connectivity index (χ2n) is 6.10. The van der Waals surface area contributed by atoms with E-state index in [-0.39, 0.29) is 0 Å². The van der Waals surface area contributed by atoms with Gasteiger partial charge in [-0.3, -0.25) is 20.4 Å². The molecule has 5 nitrogen and oxygen atoms in total. The maximum absolute atomic E-state index is 12.2. The number of amides is 2. The highest BCUT2D eigenvalue weighted by Gasteiger charge is 2.06. The number of halogens is 1. The molecule has 0 atom stereocenters. The maximum atomic E-state index is 12.2. The standard InChI is InChI=1S/C23H19ClN2O3/c24-21-9-5-4-8-18(21)12-15-22(27)25-26-23(28)19-10-13-20(14-11-19)29-16-17-6-2-1-3-7-17/h1-15H,16H2,(H,25,27)(H,26,28). The highest BCUT2D eigenvalue weighted by Crippen LogP contribution is 2.16. The van der Waals surface area contributed by atoms with Gasteiger partial charge in [0.15, 0.2) is 0 Å². The third kappa shape index (κ3) is 6.23. The molecule has 0 saturated heterocycles. The minimum atomic E-state index is -0.471. The van der Waals surface area contributed by atoms with Crippen LogP contribution in [0.15, 0.2) is 84.9 Å². The molecule has 0 aliphatic heterocycles. The fourth-order valence-corrected chi connectivity index (χ4v) is 2.65. The van der Waals surface area contributed by atoms with E-state index in [1.165, 1.54) is 6.08 Å². The molecule has 29 heavy (non-hydrogen) atoms. The number of hydrogen-bond acceptors (Lipinski definition) is 3. The maximum Gasteiger partial charge on any atom is 0.269 e. The zero-order chi connectivity index (χ0) is 20.5. The Morgan fingerprint density at radius 1 is 0.862 bits per heavy atom. The zero-order valence-corrected chi connectivity index (χ0v) is 16.2. The van der Waals surface area contributed by atoms with Crippen LogP contribution in [-0.2, 0) is 11.4 Å². The number of hydrazine groups is 1. The molecule has 2 amide bonds. The summed E-state index contributed by atoms with van der Waals surface area (Å²) in [5, 5.41) is 0.537. The molecule has 0 saturated carbocycles. The van der Waals surface area contributed by atoms with Crippen LogP contribution in [0.25, 0.3) is 6.08 Å². The number of carbonyl (C=O) groups is 2. The van der Waals surface area contributed by atoms with E-state index in [1.54, 1.807) is 48.5 Å². The Morgan fingerprint density at radius 2 is 1.55 bits per heavy atom. The van der Waals surface area contributed by atoms with Gasteiger partial charge in [-0.2, -0.15) is 0 Å². The summed E-state index contributed by atoms with van der Waals surface area (Å²) in [6.07, 6.45) is 2.87. The van der Waals surface area contributed by atoms with Crippen molar-refractivity contribution in [2.45, 2.75) is 6.61 Å². The summed E-state index contributed by atoms with van der Waals surface area (Å²) in [5.74, 6) is -0.253. The fourth-order valence-electron chi connectivity index (χ4n) is 2.45. The van der Waals surface area contributed by atoms with Gasteiger partial charge in [0.05, 0.1) is 0 Å². The van der Waals surface area contributed by atoms with Gasteiger partial charge in [0.25, 0.3) is 11.8 Å². The summed E-state index contributed by atoms with van der Waals surface area (Å²) in [6, 6.07) is 23.6. The highest BCUT2D eigenvalue weighted by atomic mass is 35.5. The average Bonchev–Trinajstić information content (AvgIpc) is 2.76. The predicted molar refractivity (Wildman–Crippen MR) is 113 cm³/mol. The molecule has 0 bridgehead atoms. The average molecular weight is 407 g/mol. The van der Waals surface area contributed by atoms with Gasteiger partial charge < -0.3 is 4.74 Å². The van der Waals surface area contributed by atoms with Crippen LogP contribution >= 0.6 is 11.6 Å². The summed E-state index contributed by atoms with van der Waals surface area (Å²) in [6.45, 7) is 0.445. The van der Waals surface area contributed by atoms with E-state index < -0.39 is 11.8 Å². The van der Waals surface area contributed by atoms with Crippen LogP contribution in [0.2, 0.25) is 5.02 Å². The van der Waals surface area contributed by atoms with E-state index in [4.69, 9.17) is 16.3 Å². The van der Waals surface area contributed by atoms with Crippen molar-refractivity contribution in [3.63, 3.8) is 0 Å². The first-order valence-corrected chi connectivity index (χ1v) is 9.29. The Labute approximate surface area is 173 Å². The van der Waals surface area contributed by atoms with E-state index in [0.29, 0.717) is 28.5 Å². The van der Waals surface area contributed by atoms with Crippen molar-refractivity contribution in [1.29, 1.82) is 0 Å². The van der Waals surface area contributed by atoms with E-state index >= 15 is 0 Å². The minimum absolute atomic E-state index is 0.396. The summed E-state index contributed by atoms with van der Waals surface area (Å²) in [4.78, 5) is 24.0. The molecule has 146 valence electrons. The quantitative estimate of drug-likeness (QED) is 0.471. The summed E-state index contributed by atoms with van der Waals surface area (Å²) in [5.41, 5.74) is 6.86. The van der Waals surface area contributed by atoms with E-state index in [2.05, 4.69) is 10.9 Å². The van der Waals surface area contributed by atoms with Crippen LogP contribution in [0.1, 0.15) is 21.5 Å². The largest absolute Gasteiger partial charge is 0.489 e. The van der Waals surface area contributed by atoms with E-state index in [9.17, 15) is 9.59 Å². The van der Waals surface area contributed by atoms with Crippen molar-refractivity contribution in [3.05, 3.63) is 107 Å². The summed E-state index contributed by atoms with van der Waals surface area (Å²) < 4.78 is 5.69. The number of nitrogens with one attached hydrogen (secondary N) is 2. The first-order chi connectivity index (χ1) is 14.1. The van der Waals surface area contributed by atoms with Gasteiger partial charge >= 0.3 is 0 Å². The Morgan fingerprint density at radius 3 is 2.28 bits per heavy atom. The molecule has 0 aliphatic rings. The molecule has 0 unspecified atom stereocenters. The normalized spacial score (nSPS) is 10.5. The lowest BCUT2D eigenvalue weighted by Gasteiger charge is -2.08. The lowest BCUT2D eigenvalue weighted by atomic mass is 10.2. The van der Waals surface area contributed by atoms with Crippen LogP contribution in [0.3, 0.4) is 0 Å². The van der Waals surface area contributed by atoms with Crippen molar-refractivity contribution in [1.82, 2.24) is 10.9 Å². The molecule has 3 aromatic rings. The van der Waals surface area contributed by atoms with Gasteiger partial charge in [-0.05, 0) is 47.5 Å². The number of rotatable bonds is 6. The van der Waals surface area contributed by atoms with Crippen LogP contribution in [0.5, 0.6) is 5.75 Å². The van der Waals surface area contributed by atoms with Crippen molar-refractivity contribution < 1.29 is 14.3 Å². The molecule has 2 N–H and O–H groups in total. The molecule has 0 radical (unpaired) electrons. The molecule has 6 heteroatoms. The lowest BCUT2D eigenvalue weighted by Crippen LogP contribution is -2.40. The van der Waals surface area contributed by atoms with Gasteiger partial charge in [0.2, 0.25) is 0 Å². The van der Waals surface area contributed by atoms with Gasteiger partial charge in [-0.15, -0.1) is 0 Å². The minimum Gasteiger partial charge on any atom is -0.489 e.